The predicted octanol–water partition coefficient (Wildman–Crippen LogP) is 12.0. The topological polar surface area (TPSA) is 93.2 Å². The van der Waals surface area contributed by atoms with E-state index in [4.69, 9.17) is 32.7 Å². The molecular formula is C48H63BrCl2N2O6. The molecule has 11 heteroatoms. The fourth-order valence-electron chi connectivity index (χ4n) is 8.43. The number of carbonyl (C=O) groups excluding carboxylic acids is 4. The van der Waals surface area contributed by atoms with E-state index in [2.05, 4.69) is 95.6 Å². The number of hydrogen-bond acceptors (Lipinski definition) is 6. The fraction of sp³-hybridized carbons (Fsp3) is 0.542. The molecule has 2 aromatic rings. The second kappa shape index (κ2) is 20.4. The minimum Gasteiger partial charge on any atom is -0.466 e. The second-order valence-electron chi connectivity index (χ2n) is 17.7. The van der Waals surface area contributed by atoms with Crippen molar-refractivity contribution in [2.24, 2.45) is 17.3 Å². The zero-order valence-corrected chi connectivity index (χ0v) is 39.7. The molecule has 0 N–H and O–H groups in total. The monoisotopic (exact) mass is 912 g/mol. The Kier molecular flexibility index (Phi) is 16.7. The number of amides is 2. The van der Waals surface area contributed by atoms with E-state index >= 15 is 0 Å². The first-order valence-corrected chi connectivity index (χ1v) is 22.5. The Morgan fingerprint density at radius 2 is 1.20 bits per heavy atom. The number of carbonyl (C=O) groups is 4. The molecule has 59 heavy (non-hydrogen) atoms. The molecule has 0 bridgehead atoms. The summed E-state index contributed by atoms with van der Waals surface area (Å²) in [5.41, 5.74) is 6.32. The van der Waals surface area contributed by atoms with Crippen LogP contribution in [0.5, 0.6) is 0 Å². The molecule has 1 aliphatic carbocycles. The van der Waals surface area contributed by atoms with Gasteiger partial charge in [0.05, 0.1) is 31.1 Å². The summed E-state index contributed by atoms with van der Waals surface area (Å²) in [6, 6.07) is 12.2. The van der Waals surface area contributed by atoms with Gasteiger partial charge in [-0.2, -0.15) is 0 Å². The van der Waals surface area contributed by atoms with E-state index in [9.17, 15) is 19.2 Å². The maximum Gasteiger partial charge on any atom is 0.307 e. The summed E-state index contributed by atoms with van der Waals surface area (Å²) < 4.78 is 10.8. The van der Waals surface area contributed by atoms with Gasteiger partial charge >= 0.3 is 11.9 Å². The molecule has 5 rings (SSSR count). The molecule has 2 aromatic carbocycles. The second-order valence-corrected chi connectivity index (χ2v) is 19.4. The van der Waals surface area contributed by atoms with Gasteiger partial charge in [0, 0.05) is 58.7 Å². The van der Waals surface area contributed by atoms with Crippen molar-refractivity contribution in [1.29, 1.82) is 0 Å². The van der Waals surface area contributed by atoms with Gasteiger partial charge in [0.15, 0.2) is 0 Å². The lowest BCUT2D eigenvalue weighted by Gasteiger charge is -2.41. The van der Waals surface area contributed by atoms with Crippen LogP contribution in [0.3, 0.4) is 0 Å². The Labute approximate surface area is 370 Å². The van der Waals surface area contributed by atoms with E-state index in [-0.39, 0.29) is 48.4 Å². The average Bonchev–Trinajstić information content (AvgIpc) is 3.15. The van der Waals surface area contributed by atoms with Crippen molar-refractivity contribution < 1.29 is 28.7 Å². The van der Waals surface area contributed by atoms with Crippen LogP contribution in [0.4, 0.5) is 0 Å². The highest BCUT2D eigenvalue weighted by molar-refractivity contribution is 9.10. The highest BCUT2D eigenvalue weighted by atomic mass is 79.9. The van der Waals surface area contributed by atoms with Crippen LogP contribution in [0, 0.1) is 17.3 Å². The number of esters is 2. The molecule has 322 valence electrons. The van der Waals surface area contributed by atoms with Crippen molar-refractivity contribution in [3.63, 3.8) is 0 Å². The van der Waals surface area contributed by atoms with Gasteiger partial charge in [-0.1, -0.05) is 103 Å². The van der Waals surface area contributed by atoms with E-state index in [1.54, 1.807) is 23.6 Å². The molecule has 0 unspecified atom stereocenters. The van der Waals surface area contributed by atoms with Crippen LogP contribution in [-0.2, 0) is 39.5 Å². The minimum atomic E-state index is -0.434. The first-order valence-electron chi connectivity index (χ1n) is 20.9. The maximum atomic E-state index is 13.1. The van der Waals surface area contributed by atoms with Gasteiger partial charge in [-0.15, -0.1) is 0 Å². The van der Waals surface area contributed by atoms with E-state index < -0.39 is 10.8 Å². The molecule has 2 heterocycles. The van der Waals surface area contributed by atoms with Gasteiger partial charge in [-0.25, -0.2) is 0 Å². The number of nitrogens with zero attached hydrogens (tertiary/aromatic N) is 2. The molecule has 0 spiro atoms. The van der Waals surface area contributed by atoms with Gasteiger partial charge in [0.2, 0.25) is 11.8 Å². The largest absolute Gasteiger partial charge is 0.466 e. The summed E-state index contributed by atoms with van der Waals surface area (Å²) in [7, 11) is 0. The summed E-state index contributed by atoms with van der Waals surface area (Å²) in [5.74, 6) is -0.0480. The number of hydrogen-bond donors (Lipinski definition) is 0. The molecule has 2 atom stereocenters. The van der Waals surface area contributed by atoms with Gasteiger partial charge in [0.1, 0.15) is 0 Å². The third-order valence-electron chi connectivity index (χ3n) is 12.0. The van der Waals surface area contributed by atoms with E-state index in [1.807, 2.05) is 30.6 Å². The van der Waals surface area contributed by atoms with Crippen molar-refractivity contribution >= 4 is 68.5 Å². The molecule has 2 aliphatic heterocycles. The smallest absolute Gasteiger partial charge is 0.307 e. The lowest BCUT2D eigenvalue weighted by molar-refractivity contribution is -0.145. The third kappa shape index (κ3) is 11.9. The van der Waals surface area contributed by atoms with Crippen molar-refractivity contribution in [2.75, 3.05) is 26.3 Å². The van der Waals surface area contributed by atoms with Gasteiger partial charge in [-0.05, 0) is 118 Å². The summed E-state index contributed by atoms with van der Waals surface area (Å²) in [6.45, 7) is 22.3. The summed E-state index contributed by atoms with van der Waals surface area (Å²) in [5, 5.41) is 1.38. The number of allylic oxidation sites excluding steroid dienone is 4. The summed E-state index contributed by atoms with van der Waals surface area (Å²) >= 11 is 16.5. The van der Waals surface area contributed by atoms with Crippen molar-refractivity contribution in [2.45, 2.75) is 125 Å². The standard InChI is InChI=1S/C28H38ClNO3.C20H25BrClNO3/c1-7-33-26(32)12-15-30-18-23(19(2)3)28(6,17-25(30)31)21-8-9-22(24(29)16-21)20-10-13-27(4,5)14-11-20;1-5-26-19(25)8-9-23-12-15(13(2)3)20(4,11-18(23)24)14-6-7-16(21)17(22)10-14/h8-10,16,18-19H,7,11-15,17H2,1-6H3;6-7,10,12-13H,5,8-9,11H2,1-4H3/t28-;20-/m00/s1. The summed E-state index contributed by atoms with van der Waals surface area (Å²) in [4.78, 5) is 52.6. The lowest BCUT2D eigenvalue weighted by atomic mass is 9.68. The van der Waals surface area contributed by atoms with E-state index in [0.29, 0.717) is 49.6 Å². The highest BCUT2D eigenvalue weighted by Crippen LogP contribution is 2.46. The van der Waals surface area contributed by atoms with Crippen LogP contribution >= 0.6 is 39.1 Å². The SMILES string of the molecule is CCOC(=O)CCN1C=C(C(C)C)[C@](C)(c2ccc(Br)c(Cl)c2)CC1=O.CCOC(=O)CCN1C=C(C(C)C)[C@](C)(c2ccc(C3=CCC(C)(C)CC3)c(Cl)c2)CC1=O. The third-order valence-corrected chi connectivity index (χ3v) is 13.5. The quantitative estimate of drug-likeness (QED) is 0.186. The van der Waals surface area contributed by atoms with Crippen molar-refractivity contribution in [3.8, 4) is 0 Å². The maximum absolute atomic E-state index is 13.1. The Balaban J connectivity index is 0.000000268. The normalized spacial score (nSPS) is 21.7. The average molecular weight is 915 g/mol. The fourth-order valence-corrected chi connectivity index (χ4v) is 9.16. The molecule has 0 aromatic heterocycles. The zero-order chi connectivity index (χ0) is 43.9. The van der Waals surface area contributed by atoms with Crippen LogP contribution in [0.15, 0.2) is 70.5 Å². The molecule has 8 nitrogen and oxygen atoms in total. The van der Waals surface area contributed by atoms with Gasteiger partial charge in [-0.3, -0.25) is 19.2 Å². The molecule has 2 amide bonds. The number of benzene rings is 2. The Hall–Kier alpha value is -3.40. The Morgan fingerprint density at radius 3 is 1.59 bits per heavy atom. The van der Waals surface area contributed by atoms with Crippen molar-refractivity contribution in [3.05, 3.63) is 97.2 Å². The molecule has 0 radical (unpaired) electrons. The molecule has 0 fully saturated rings. The van der Waals surface area contributed by atoms with Crippen LogP contribution in [-0.4, -0.2) is 59.9 Å². The highest BCUT2D eigenvalue weighted by Gasteiger charge is 2.42. The Morgan fingerprint density at radius 1 is 0.746 bits per heavy atom. The zero-order valence-electron chi connectivity index (χ0n) is 36.6. The molecule has 3 aliphatic rings. The van der Waals surface area contributed by atoms with E-state index in [0.717, 1.165) is 51.0 Å². The van der Waals surface area contributed by atoms with E-state index in [1.165, 1.54) is 11.1 Å². The van der Waals surface area contributed by atoms with Crippen LogP contribution in [0.2, 0.25) is 10.0 Å². The van der Waals surface area contributed by atoms with Gasteiger partial charge < -0.3 is 19.3 Å². The van der Waals surface area contributed by atoms with Crippen molar-refractivity contribution in [1.82, 2.24) is 9.80 Å². The number of halogens is 3. The lowest BCUT2D eigenvalue weighted by Crippen LogP contribution is -2.42. The Bertz CT molecular complexity index is 1990. The van der Waals surface area contributed by atoms with Crippen LogP contribution < -0.4 is 0 Å². The van der Waals surface area contributed by atoms with Crippen LogP contribution in [0.1, 0.15) is 131 Å². The molecule has 0 saturated carbocycles. The predicted molar refractivity (Wildman–Crippen MR) is 242 cm³/mol. The minimum absolute atomic E-state index is 0.000222. The molecular weight excluding hydrogens is 851 g/mol. The molecule has 0 saturated heterocycles. The van der Waals surface area contributed by atoms with Crippen LogP contribution in [0.25, 0.3) is 5.57 Å². The first-order chi connectivity index (χ1) is 27.6. The first kappa shape index (κ1) is 48.3. The number of ether oxygens (including phenoxy) is 2. The van der Waals surface area contributed by atoms with Gasteiger partial charge in [0.25, 0.3) is 0 Å². The number of rotatable bonds is 13. The summed E-state index contributed by atoms with van der Waals surface area (Å²) in [6.07, 6.45) is 10.5.